The highest BCUT2D eigenvalue weighted by Gasteiger charge is 2.14. The molecular weight excluding hydrogens is 342 g/mol. The van der Waals surface area contributed by atoms with Crippen molar-refractivity contribution in [2.75, 3.05) is 18.5 Å². The Morgan fingerprint density at radius 1 is 1.05 bits per heavy atom. The Balaban J connectivity index is 1.75. The summed E-state index contributed by atoms with van der Waals surface area (Å²) >= 11 is 9.67. The highest BCUT2D eigenvalue weighted by molar-refractivity contribution is 9.10. The molecule has 0 aromatic heterocycles. The second-order valence-corrected chi connectivity index (χ2v) is 5.78. The predicted molar refractivity (Wildman–Crippen MR) is 83.9 cm³/mol. The van der Waals surface area contributed by atoms with E-state index in [0.29, 0.717) is 30.5 Å². The molecule has 0 radical (unpaired) electrons. The molecular formula is C15H13BrClNO2. The Labute approximate surface area is 131 Å². The minimum absolute atomic E-state index is 0.564. The van der Waals surface area contributed by atoms with E-state index in [1.165, 1.54) is 5.56 Å². The van der Waals surface area contributed by atoms with E-state index in [4.69, 9.17) is 21.1 Å². The van der Waals surface area contributed by atoms with Gasteiger partial charge in [-0.2, -0.15) is 0 Å². The van der Waals surface area contributed by atoms with Gasteiger partial charge in [0.2, 0.25) is 0 Å². The molecule has 1 aliphatic heterocycles. The van der Waals surface area contributed by atoms with Crippen LogP contribution >= 0.6 is 27.5 Å². The van der Waals surface area contributed by atoms with Crippen molar-refractivity contribution in [2.45, 2.75) is 6.54 Å². The van der Waals surface area contributed by atoms with Gasteiger partial charge >= 0.3 is 0 Å². The van der Waals surface area contributed by atoms with E-state index < -0.39 is 0 Å². The van der Waals surface area contributed by atoms with E-state index in [2.05, 4.69) is 33.4 Å². The maximum Gasteiger partial charge on any atom is 0.163 e. The zero-order valence-corrected chi connectivity index (χ0v) is 13.0. The SMILES string of the molecule is Clc1cc2c(cc1NCc1ccc(Br)cc1)OCCO2. The van der Waals surface area contributed by atoms with Crippen LogP contribution in [0.1, 0.15) is 5.56 Å². The van der Waals surface area contributed by atoms with Gasteiger partial charge in [-0.25, -0.2) is 0 Å². The zero-order valence-electron chi connectivity index (χ0n) is 10.7. The molecule has 0 amide bonds. The van der Waals surface area contributed by atoms with Crippen LogP contribution in [0.4, 0.5) is 5.69 Å². The smallest absolute Gasteiger partial charge is 0.163 e. The van der Waals surface area contributed by atoms with Crippen molar-refractivity contribution in [1.29, 1.82) is 0 Å². The fourth-order valence-corrected chi connectivity index (χ4v) is 2.48. The van der Waals surface area contributed by atoms with Crippen molar-refractivity contribution in [1.82, 2.24) is 0 Å². The van der Waals surface area contributed by atoms with Gasteiger partial charge < -0.3 is 14.8 Å². The molecule has 20 heavy (non-hydrogen) atoms. The molecule has 0 aliphatic carbocycles. The summed E-state index contributed by atoms with van der Waals surface area (Å²) in [6, 6.07) is 11.8. The maximum atomic E-state index is 6.25. The van der Waals surface area contributed by atoms with Crippen molar-refractivity contribution in [2.24, 2.45) is 0 Å². The standard InChI is InChI=1S/C15H13BrClNO2/c16-11-3-1-10(2-4-11)9-18-13-8-15-14(7-12(13)17)19-5-6-20-15/h1-4,7-8,18H,5-6,9H2. The quantitative estimate of drug-likeness (QED) is 0.881. The lowest BCUT2D eigenvalue weighted by atomic mass is 10.2. The van der Waals surface area contributed by atoms with Crippen LogP contribution in [0.5, 0.6) is 11.5 Å². The molecule has 0 unspecified atom stereocenters. The van der Waals surface area contributed by atoms with Gasteiger partial charge in [0, 0.05) is 23.2 Å². The van der Waals surface area contributed by atoms with Crippen LogP contribution in [0.15, 0.2) is 40.9 Å². The van der Waals surface area contributed by atoms with E-state index in [1.54, 1.807) is 6.07 Å². The Morgan fingerprint density at radius 3 is 2.40 bits per heavy atom. The van der Waals surface area contributed by atoms with Crippen LogP contribution in [0.3, 0.4) is 0 Å². The Kier molecular flexibility index (Phi) is 4.03. The lowest BCUT2D eigenvalue weighted by Crippen LogP contribution is -2.15. The Morgan fingerprint density at radius 2 is 1.70 bits per heavy atom. The lowest BCUT2D eigenvalue weighted by Gasteiger charge is -2.20. The average Bonchev–Trinajstić information content (AvgIpc) is 2.47. The van der Waals surface area contributed by atoms with Gasteiger partial charge in [-0.3, -0.25) is 0 Å². The van der Waals surface area contributed by atoms with Crippen LogP contribution < -0.4 is 14.8 Å². The molecule has 3 nitrogen and oxygen atoms in total. The van der Waals surface area contributed by atoms with Crippen LogP contribution in [0.25, 0.3) is 0 Å². The summed E-state index contributed by atoms with van der Waals surface area (Å²) in [5, 5.41) is 3.95. The van der Waals surface area contributed by atoms with Gasteiger partial charge in [-0.05, 0) is 17.7 Å². The Bertz CT molecular complexity index is 616. The summed E-state index contributed by atoms with van der Waals surface area (Å²) in [4.78, 5) is 0. The number of hydrogen-bond acceptors (Lipinski definition) is 3. The van der Waals surface area contributed by atoms with E-state index in [1.807, 2.05) is 18.2 Å². The first-order chi connectivity index (χ1) is 9.72. The van der Waals surface area contributed by atoms with E-state index in [0.717, 1.165) is 15.9 Å². The third kappa shape index (κ3) is 3.02. The van der Waals surface area contributed by atoms with Crippen molar-refractivity contribution < 1.29 is 9.47 Å². The summed E-state index contributed by atoms with van der Waals surface area (Å²) in [7, 11) is 0. The van der Waals surface area contributed by atoms with Crippen LogP contribution in [0, 0.1) is 0 Å². The summed E-state index contributed by atoms with van der Waals surface area (Å²) in [6.45, 7) is 1.84. The largest absolute Gasteiger partial charge is 0.486 e. The molecule has 0 spiro atoms. The minimum atomic E-state index is 0.564. The van der Waals surface area contributed by atoms with E-state index in [-0.39, 0.29) is 0 Å². The first kappa shape index (κ1) is 13.6. The molecule has 5 heteroatoms. The minimum Gasteiger partial charge on any atom is -0.486 e. The van der Waals surface area contributed by atoms with Gasteiger partial charge in [-0.1, -0.05) is 39.7 Å². The van der Waals surface area contributed by atoms with Crippen molar-refractivity contribution >= 4 is 33.2 Å². The van der Waals surface area contributed by atoms with Crippen LogP contribution in [-0.4, -0.2) is 13.2 Å². The molecule has 1 aliphatic rings. The van der Waals surface area contributed by atoms with Gasteiger partial charge in [0.15, 0.2) is 11.5 Å². The first-order valence-corrected chi connectivity index (χ1v) is 7.47. The molecule has 0 fully saturated rings. The molecule has 0 saturated carbocycles. The maximum absolute atomic E-state index is 6.25. The average molecular weight is 355 g/mol. The highest BCUT2D eigenvalue weighted by atomic mass is 79.9. The fourth-order valence-electron chi connectivity index (χ4n) is 2.00. The number of nitrogens with one attached hydrogen (secondary N) is 1. The number of ether oxygens (including phenoxy) is 2. The van der Waals surface area contributed by atoms with Gasteiger partial charge in [0.05, 0.1) is 10.7 Å². The van der Waals surface area contributed by atoms with Crippen molar-refractivity contribution in [3.8, 4) is 11.5 Å². The molecule has 2 aromatic rings. The molecule has 0 atom stereocenters. The molecule has 0 saturated heterocycles. The van der Waals surface area contributed by atoms with E-state index in [9.17, 15) is 0 Å². The molecule has 104 valence electrons. The molecule has 2 aromatic carbocycles. The predicted octanol–water partition coefficient (Wildman–Crippen LogP) is 4.49. The molecule has 3 rings (SSSR count). The third-order valence-electron chi connectivity index (χ3n) is 3.03. The second kappa shape index (κ2) is 5.94. The number of fused-ring (bicyclic) bond motifs is 1. The van der Waals surface area contributed by atoms with Gasteiger partial charge in [-0.15, -0.1) is 0 Å². The molecule has 1 heterocycles. The van der Waals surface area contributed by atoms with Crippen LogP contribution in [-0.2, 0) is 6.54 Å². The number of rotatable bonds is 3. The summed E-state index contributed by atoms with van der Waals surface area (Å²) in [6.07, 6.45) is 0. The number of halogens is 2. The monoisotopic (exact) mass is 353 g/mol. The van der Waals surface area contributed by atoms with Gasteiger partial charge in [0.25, 0.3) is 0 Å². The van der Waals surface area contributed by atoms with Gasteiger partial charge in [0.1, 0.15) is 13.2 Å². The third-order valence-corrected chi connectivity index (χ3v) is 3.87. The topological polar surface area (TPSA) is 30.5 Å². The number of anilines is 1. The Hall–Kier alpha value is -1.39. The normalized spacial score (nSPS) is 13.1. The van der Waals surface area contributed by atoms with Crippen LogP contribution in [0.2, 0.25) is 5.02 Å². The zero-order chi connectivity index (χ0) is 13.9. The van der Waals surface area contributed by atoms with Crippen molar-refractivity contribution in [3.05, 3.63) is 51.5 Å². The summed E-state index contributed by atoms with van der Waals surface area (Å²) in [5.41, 5.74) is 2.03. The molecule has 0 bridgehead atoms. The second-order valence-electron chi connectivity index (χ2n) is 4.46. The fraction of sp³-hybridized carbons (Fsp3) is 0.200. The van der Waals surface area contributed by atoms with Crippen molar-refractivity contribution in [3.63, 3.8) is 0 Å². The first-order valence-electron chi connectivity index (χ1n) is 6.30. The summed E-state index contributed by atoms with van der Waals surface area (Å²) in [5.74, 6) is 1.44. The molecule has 1 N–H and O–H groups in total. The highest BCUT2D eigenvalue weighted by Crippen LogP contribution is 2.38. The number of hydrogen-bond donors (Lipinski definition) is 1. The lowest BCUT2D eigenvalue weighted by molar-refractivity contribution is 0.171. The summed E-state index contributed by atoms with van der Waals surface area (Å²) < 4.78 is 12.1. The van der Waals surface area contributed by atoms with E-state index >= 15 is 0 Å². The number of benzene rings is 2.